The second kappa shape index (κ2) is 6.58. The number of hydrogen-bond donors (Lipinski definition) is 2. The summed E-state index contributed by atoms with van der Waals surface area (Å²) in [6, 6.07) is 12.3. The first-order valence-corrected chi connectivity index (χ1v) is 7.27. The summed E-state index contributed by atoms with van der Waals surface area (Å²) in [6.07, 6.45) is 0. The van der Waals surface area contributed by atoms with Gasteiger partial charge in [0.25, 0.3) is 0 Å². The van der Waals surface area contributed by atoms with Crippen molar-refractivity contribution in [3.63, 3.8) is 0 Å². The molecule has 0 spiro atoms. The largest absolute Gasteiger partial charge is 0.486 e. The van der Waals surface area contributed by atoms with E-state index in [-0.39, 0.29) is 6.03 Å². The number of nitrogens with one attached hydrogen (secondary N) is 2. The fourth-order valence-corrected chi connectivity index (χ4v) is 2.31. The number of urea groups is 1. The van der Waals surface area contributed by atoms with Crippen LogP contribution in [0.1, 0.15) is 5.56 Å². The maximum absolute atomic E-state index is 11.9. The monoisotopic (exact) mass is 318 g/mol. The van der Waals surface area contributed by atoms with Gasteiger partial charge in [0.15, 0.2) is 11.5 Å². The summed E-state index contributed by atoms with van der Waals surface area (Å²) in [6.45, 7) is 1.49. The number of carbonyl (C=O) groups is 1. The molecule has 0 radical (unpaired) electrons. The summed E-state index contributed by atoms with van der Waals surface area (Å²) < 4.78 is 11.0. The van der Waals surface area contributed by atoms with E-state index in [9.17, 15) is 4.79 Å². The lowest BCUT2D eigenvalue weighted by molar-refractivity contribution is 0.171. The van der Waals surface area contributed by atoms with Crippen molar-refractivity contribution in [2.24, 2.45) is 0 Å². The zero-order valence-electron chi connectivity index (χ0n) is 11.8. The smallest absolute Gasteiger partial charge is 0.319 e. The molecule has 0 saturated heterocycles. The van der Waals surface area contributed by atoms with Gasteiger partial charge < -0.3 is 20.1 Å². The van der Waals surface area contributed by atoms with Gasteiger partial charge in [-0.25, -0.2) is 4.79 Å². The Kier molecular flexibility index (Phi) is 4.34. The van der Waals surface area contributed by atoms with Gasteiger partial charge in [-0.2, -0.15) is 0 Å². The quantitative estimate of drug-likeness (QED) is 0.911. The summed E-state index contributed by atoms with van der Waals surface area (Å²) in [4.78, 5) is 11.9. The Balaban J connectivity index is 1.57. The molecule has 1 heterocycles. The van der Waals surface area contributed by atoms with Crippen molar-refractivity contribution in [1.82, 2.24) is 5.32 Å². The van der Waals surface area contributed by atoms with E-state index in [1.807, 2.05) is 18.2 Å². The molecule has 2 N–H and O–H groups in total. The molecule has 0 aliphatic carbocycles. The first-order chi connectivity index (χ1) is 10.7. The number of amides is 2. The SMILES string of the molecule is O=C(NCc1ccc2c(c1)OCCO2)Nc1cccc(Cl)c1. The first-order valence-electron chi connectivity index (χ1n) is 6.90. The van der Waals surface area contributed by atoms with Crippen LogP contribution < -0.4 is 20.1 Å². The number of rotatable bonds is 3. The van der Waals surface area contributed by atoms with Crippen molar-refractivity contribution in [3.05, 3.63) is 53.1 Å². The summed E-state index contributed by atoms with van der Waals surface area (Å²) in [7, 11) is 0. The van der Waals surface area contributed by atoms with Crippen LogP contribution in [0.2, 0.25) is 5.02 Å². The average molecular weight is 319 g/mol. The second-order valence-corrected chi connectivity index (χ2v) is 5.23. The van der Waals surface area contributed by atoms with Gasteiger partial charge in [-0.1, -0.05) is 23.7 Å². The molecule has 0 bridgehead atoms. The van der Waals surface area contributed by atoms with Gasteiger partial charge in [-0.3, -0.25) is 0 Å². The Morgan fingerprint density at radius 2 is 1.91 bits per heavy atom. The molecule has 2 amide bonds. The molecule has 0 aromatic heterocycles. The van der Waals surface area contributed by atoms with Crippen LogP contribution in [0, 0.1) is 0 Å². The molecule has 5 nitrogen and oxygen atoms in total. The molecule has 22 heavy (non-hydrogen) atoms. The van der Waals surface area contributed by atoms with Crippen molar-refractivity contribution in [1.29, 1.82) is 0 Å². The zero-order valence-corrected chi connectivity index (χ0v) is 12.5. The van der Waals surface area contributed by atoms with Crippen LogP contribution in [0.15, 0.2) is 42.5 Å². The summed E-state index contributed by atoms with van der Waals surface area (Å²) in [5.74, 6) is 1.44. The van der Waals surface area contributed by atoms with Crippen molar-refractivity contribution in [3.8, 4) is 11.5 Å². The zero-order chi connectivity index (χ0) is 15.4. The summed E-state index contributed by atoms with van der Waals surface area (Å²) in [5, 5.41) is 6.08. The number of benzene rings is 2. The van der Waals surface area contributed by atoms with Crippen LogP contribution in [0.25, 0.3) is 0 Å². The highest BCUT2D eigenvalue weighted by molar-refractivity contribution is 6.30. The Morgan fingerprint density at radius 1 is 1.09 bits per heavy atom. The van der Waals surface area contributed by atoms with Crippen molar-refractivity contribution in [2.75, 3.05) is 18.5 Å². The normalized spacial score (nSPS) is 12.6. The summed E-state index contributed by atoms with van der Waals surface area (Å²) >= 11 is 5.87. The molecule has 1 aliphatic rings. The Labute approximate surface area is 133 Å². The highest BCUT2D eigenvalue weighted by Crippen LogP contribution is 2.30. The molecule has 3 rings (SSSR count). The molecule has 6 heteroatoms. The van der Waals surface area contributed by atoms with Gasteiger partial charge in [-0.15, -0.1) is 0 Å². The minimum atomic E-state index is -0.294. The third kappa shape index (κ3) is 3.62. The Bertz CT molecular complexity index is 691. The average Bonchev–Trinajstić information content (AvgIpc) is 2.53. The Morgan fingerprint density at radius 3 is 2.73 bits per heavy atom. The number of ether oxygens (including phenoxy) is 2. The molecule has 0 unspecified atom stereocenters. The number of hydrogen-bond acceptors (Lipinski definition) is 3. The van der Waals surface area contributed by atoms with E-state index in [0.717, 1.165) is 11.3 Å². The van der Waals surface area contributed by atoms with Crippen molar-refractivity contribution in [2.45, 2.75) is 6.54 Å². The molecular formula is C16H15ClN2O3. The first kappa shape index (κ1) is 14.5. The number of fused-ring (bicyclic) bond motifs is 1. The van der Waals surface area contributed by atoms with Gasteiger partial charge in [-0.05, 0) is 35.9 Å². The highest BCUT2D eigenvalue weighted by atomic mass is 35.5. The van der Waals surface area contributed by atoms with Gasteiger partial charge in [0.1, 0.15) is 13.2 Å². The van der Waals surface area contributed by atoms with E-state index < -0.39 is 0 Å². The molecule has 2 aromatic rings. The van der Waals surface area contributed by atoms with Gasteiger partial charge >= 0.3 is 6.03 Å². The predicted octanol–water partition coefficient (Wildman–Crippen LogP) is 3.43. The molecule has 2 aromatic carbocycles. The highest BCUT2D eigenvalue weighted by Gasteiger charge is 2.12. The van der Waals surface area contributed by atoms with Crippen molar-refractivity contribution < 1.29 is 14.3 Å². The third-order valence-corrected chi connectivity index (χ3v) is 3.38. The molecular weight excluding hydrogens is 304 g/mol. The Hall–Kier alpha value is -2.40. The lowest BCUT2D eigenvalue weighted by Crippen LogP contribution is -2.28. The van der Waals surface area contributed by atoms with Crippen LogP contribution in [0.3, 0.4) is 0 Å². The number of anilines is 1. The number of carbonyl (C=O) groups excluding carboxylic acids is 1. The van der Waals surface area contributed by atoms with Crippen LogP contribution >= 0.6 is 11.6 Å². The van der Waals surface area contributed by atoms with Gasteiger partial charge in [0.05, 0.1) is 0 Å². The van der Waals surface area contributed by atoms with E-state index in [2.05, 4.69) is 10.6 Å². The second-order valence-electron chi connectivity index (χ2n) is 4.80. The minimum absolute atomic E-state index is 0.294. The molecule has 0 atom stereocenters. The molecule has 114 valence electrons. The standard InChI is InChI=1S/C16H15ClN2O3/c17-12-2-1-3-13(9-12)19-16(20)18-10-11-4-5-14-15(8-11)22-7-6-21-14/h1-5,8-9H,6-7,10H2,(H2,18,19,20). The van der Waals surface area contributed by atoms with E-state index in [0.29, 0.717) is 36.2 Å². The van der Waals surface area contributed by atoms with Crippen LogP contribution in [0.4, 0.5) is 10.5 Å². The van der Waals surface area contributed by atoms with E-state index >= 15 is 0 Å². The minimum Gasteiger partial charge on any atom is -0.486 e. The topological polar surface area (TPSA) is 59.6 Å². The van der Waals surface area contributed by atoms with Gasteiger partial charge in [0.2, 0.25) is 0 Å². The van der Waals surface area contributed by atoms with E-state index in [1.54, 1.807) is 24.3 Å². The predicted molar refractivity (Wildman–Crippen MR) is 84.7 cm³/mol. The molecule has 0 fully saturated rings. The fourth-order valence-electron chi connectivity index (χ4n) is 2.12. The maximum atomic E-state index is 11.9. The summed E-state index contributed by atoms with van der Waals surface area (Å²) in [5.41, 5.74) is 1.58. The number of halogens is 1. The molecule has 1 aliphatic heterocycles. The van der Waals surface area contributed by atoms with Crippen LogP contribution in [-0.4, -0.2) is 19.2 Å². The maximum Gasteiger partial charge on any atom is 0.319 e. The van der Waals surface area contributed by atoms with E-state index in [1.165, 1.54) is 0 Å². The van der Waals surface area contributed by atoms with Gasteiger partial charge in [0, 0.05) is 17.3 Å². The van der Waals surface area contributed by atoms with Crippen molar-refractivity contribution >= 4 is 23.3 Å². The van der Waals surface area contributed by atoms with E-state index in [4.69, 9.17) is 21.1 Å². The van der Waals surface area contributed by atoms with Crippen LogP contribution in [-0.2, 0) is 6.54 Å². The molecule has 0 saturated carbocycles. The van der Waals surface area contributed by atoms with Crippen LogP contribution in [0.5, 0.6) is 11.5 Å². The lowest BCUT2D eigenvalue weighted by atomic mass is 10.2. The fraction of sp³-hybridized carbons (Fsp3) is 0.188. The third-order valence-electron chi connectivity index (χ3n) is 3.14. The lowest BCUT2D eigenvalue weighted by Gasteiger charge is -2.19.